The monoisotopic (exact) mass is 240 g/mol. The average molecular weight is 240 g/mol. The number of aromatic nitrogens is 2. The molecule has 1 heterocycles. The second-order valence-electron chi connectivity index (χ2n) is 4.23. The van der Waals surface area contributed by atoms with Crippen molar-refractivity contribution < 1.29 is 13.5 Å². The molecule has 0 saturated carbocycles. The maximum atomic E-state index is 13.4. The summed E-state index contributed by atoms with van der Waals surface area (Å²) < 4.78 is 31.4. The minimum Gasteiger partial charge on any atom is -0.384 e. The van der Waals surface area contributed by atoms with E-state index in [1.54, 1.807) is 7.11 Å². The summed E-state index contributed by atoms with van der Waals surface area (Å²) >= 11 is 0. The summed E-state index contributed by atoms with van der Waals surface area (Å²) in [6.07, 6.45) is 0.642. The molecule has 0 aliphatic heterocycles. The second kappa shape index (κ2) is 4.79. The normalized spacial score (nSPS) is 13.2. The maximum absolute atomic E-state index is 13.4. The van der Waals surface area contributed by atoms with Gasteiger partial charge in [0, 0.05) is 26.2 Å². The molecule has 2 aromatic rings. The van der Waals surface area contributed by atoms with Crippen molar-refractivity contribution in [1.82, 2.24) is 9.97 Å². The Labute approximate surface area is 97.8 Å². The molecule has 92 valence electrons. The number of imidazole rings is 1. The van der Waals surface area contributed by atoms with Crippen molar-refractivity contribution in [3.05, 3.63) is 29.6 Å². The molecule has 5 heteroatoms. The summed E-state index contributed by atoms with van der Waals surface area (Å²) in [5.74, 6) is -0.320. The molecule has 1 aromatic heterocycles. The molecule has 0 aliphatic rings. The topological polar surface area (TPSA) is 37.9 Å². The van der Waals surface area contributed by atoms with Gasteiger partial charge in [-0.3, -0.25) is 0 Å². The van der Waals surface area contributed by atoms with Gasteiger partial charge in [-0.05, 0) is 12.0 Å². The Hall–Kier alpha value is -1.49. The maximum Gasteiger partial charge on any atom is 0.153 e. The molecule has 2 rings (SSSR count). The van der Waals surface area contributed by atoms with Crippen LogP contribution in [0.15, 0.2) is 12.1 Å². The Morgan fingerprint density at radius 2 is 2.18 bits per heavy atom. The first-order chi connectivity index (χ1) is 8.10. The van der Waals surface area contributed by atoms with Gasteiger partial charge in [-0.1, -0.05) is 6.92 Å². The summed E-state index contributed by atoms with van der Waals surface area (Å²) in [7, 11) is 1.63. The summed E-state index contributed by atoms with van der Waals surface area (Å²) in [5, 5.41) is 0. The number of halogens is 2. The number of aromatic amines is 1. The Kier molecular flexibility index (Phi) is 3.38. The number of hydrogen-bond donors (Lipinski definition) is 1. The zero-order valence-corrected chi connectivity index (χ0v) is 9.76. The Bertz CT molecular complexity index is 524. The number of rotatable bonds is 4. The molecular weight excluding hydrogens is 226 g/mol. The third kappa shape index (κ3) is 2.61. The summed E-state index contributed by atoms with van der Waals surface area (Å²) in [6.45, 7) is 2.61. The Morgan fingerprint density at radius 1 is 1.41 bits per heavy atom. The van der Waals surface area contributed by atoms with Crippen molar-refractivity contribution in [2.45, 2.75) is 13.3 Å². The number of methoxy groups -OCH3 is 1. The number of H-pyrrole nitrogens is 1. The van der Waals surface area contributed by atoms with Crippen molar-refractivity contribution in [3.8, 4) is 0 Å². The van der Waals surface area contributed by atoms with E-state index in [4.69, 9.17) is 4.74 Å². The van der Waals surface area contributed by atoms with Crippen LogP contribution in [0.2, 0.25) is 0 Å². The number of nitrogens with zero attached hydrogens (tertiary/aromatic N) is 1. The molecule has 0 saturated heterocycles. The summed E-state index contributed by atoms with van der Waals surface area (Å²) in [6, 6.07) is 2.08. The lowest BCUT2D eigenvalue weighted by atomic mass is 10.1. The van der Waals surface area contributed by atoms with Crippen molar-refractivity contribution in [2.75, 3.05) is 13.7 Å². The fourth-order valence-corrected chi connectivity index (χ4v) is 1.86. The van der Waals surface area contributed by atoms with E-state index in [1.807, 2.05) is 6.92 Å². The van der Waals surface area contributed by atoms with E-state index in [9.17, 15) is 8.78 Å². The third-order valence-electron chi connectivity index (χ3n) is 2.55. The molecular formula is C12H14F2N2O. The van der Waals surface area contributed by atoms with Gasteiger partial charge >= 0.3 is 0 Å². The zero-order valence-electron chi connectivity index (χ0n) is 9.76. The first-order valence-corrected chi connectivity index (χ1v) is 5.42. The quantitative estimate of drug-likeness (QED) is 0.892. The molecule has 1 unspecified atom stereocenters. The molecule has 3 nitrogen and oxygen atoms in total. The van der Waals surface area contributed by atoms with Gasteiger partial charge < -0.3 is 9.72 Å². The first kappa shape index (κ1) is 12.0. The van der Waals surface area contributed by atoms with Crippen LogP contribution in [-0.4, -0.2) is 23.7 Å². The van der Waals surface area contributed by atoms with Crippen LogP contribution in [0.4, 0.5) is 8.78 Å². The lowest BCUT2D eigenvalue weighted by molar-refractivity contribution is 0.159. The van der Waals surface area contributed by atoms with E-state index in [0.29, 0.717) is 24.4 Å². The predicted octanol–water partition coefficient (Wildman–Crippen LogP) is 2.67. The highest BCUT2D eigenvalue weighted by atomic mass is 19.1. The van der Waals surface area contributed by atoms with Crippen LogP contribution >= 0.6 is 0 Å². The minimum absolute atomic E-state index is 0.186. The molecule has 17 heavy (non-hydrogen) atoms. The van der Waals surface area contributed by atoms with Gasteiger partial charge in [0.1, 0.15) is 17.2 Å². The number of benzene rings is 1. The summed E-state index contributed by atoms with van der Waals surface area (Å²) in [4.78, 5) is 7.04. The van der Waals surface area contributed by atoms with Crippen LogP contribution < -0.4 is 0 Å². The summed E-state index contributed by atoms with van der Waals surface area (Å²) in [5.41, 5.74) is 0.577. The second-order valence-corrected chi connectivity index (χ2v) is 4.23. The van der Waals surface area contributed by atoms with Crippen molar-refractivity contribution in [2.24, 2.45) is 5.92 Å². The molecule has 1 aromatic carbocycles. The van der Waals surface area contributed by atoms with Gasteiger partial charge in [0.25, 0.3) is 0 Å². The highest BCUT2D eigenvalue weighted by Gasteiger charge is 2.11. The van der Waals surface area contributed by atoms with E-state index in [2.05, 4.69) is 9.97 Å². The van der Waals surface area contributed by atoms with Crippen LogP contribution in [0.3, 0.4) is 0 Å². The minimum atomic E-state index is -0.637. The van der Waals surface area contributed by atoms with Crippen LogP contribution in [0.25, 0.3) is 11.0 Å². The highest BCUT2D eigenvalue weighted by Crippen LogP contribution is 2.18. The first-order valence-electron chi connectivity index (χ1n) is 5.42. The third-order valence-corrected chi connectivity index (χ3v) is 2.55. The number of hydrogen-bond acceptors (Lipinski definition) is 2. The van der Waals surface area contributed by atoms with Crippen LogP contribution in [-0.2, 0) is 11.2 Å². The number of nitrogens with one attached hydrogen (secondary N) is 1. The van der Waals surface area contributed by atoms with Gasteiger partial charge in [0.2, 0.25) is 0 Å². The Balaban J connectivity index is 2.28. The van der Waals surface area contributed by atoms with Crippen molar-refractivity contribution >= 4 is 11.0 Å². The van der Waals surface area contributed by atoms with E-state index in [1.165, 1.54) is 6.07 Å². The van der Waals surface area contributed by atoms with E-state index < -0.39 is 11.6 Å². The van der Waals surface area contributed by atoms with Crippen molar-refractivity contribution in [3.63, 3.8) is 0 Å². The number of ether oxygens (including phenoxy) is 1. The molecule has 0 amide bonds. The standard InChI is InChI=1S/C12H14F2N2O/c1-7(6-17-2)3-11-15-10-5-8(13)4-9(14)12(10)16-11/h4-5,7H,3,6H2,1-2H3,(H,15,16). The molecule has 0 bridgehead atoms. The fourth-order valence-electron chi connectivity index (χ4n) is 1.86. The van der Waals surface area contributed by atoms with Crippen LogP contribution in [0.5, 0.6) is 0 Å². The molecule has 1 N–H and O–H groups in total. The highest BCUT2D eigenvalue weighted by molar-refractivity contribution is 5.75. The Morgan fingerprint density at radius 3 is 2.88 bits per heavy atom. The smallest absolute Gasteiger partial charge is 0.153 e. The van der Waals surface area contributed by atoms with Crippen molar-refractivity contribution in [1.29, 1.82) is 0 Å². The van der Waals surface area contributed by atoms with E-state index in [-0.39, 0.29) is 11.4 Å². The SMILES string of the molecule is COCC(C)Cc1nc2c(F)cc(F)cc2[nH]1. The van der Waals surface area contributed by atoms with Gasteiger partial charge in [-0.25, -0.2) is 13.8 Å². The molecule has 0 spiro atoms. The van der Waals surface area contributed by atoms with Gasteiger partial charge in [0.15, 0.2) is 5.82 Å². The van der Waals surface area contributed by atoms with Gasteiger partial charge in [0.05, 0.1) is 5.52 Å². The molecule has 0 fully saturated rings. The van der Waals surface area contributed by atoms with Crippen LogP contribution in [0.1, 0.15) is 12.7 Å². The number of fused-ring (bicyclic) bond motifs is 1. The van der Waals surface area contributed by atoms with Gasteiger partial charge in [-0.2, -0.15) is 0 Å². The molecule has 1 atom stereocenters. The van der Waals surface area contributed by atoms with Gasteiger partial charge in [-0.15, -0.1) is 0 Å². The average Bonchev–Trinajstić information content (AvgIpc) is 2.60. The van der Waals surface area contributed by atoms with E-state index >= 15 is 0 Å². The van der Waals surface area contributed by atoms with E-state index in [0.717, 1.165) is 6.07 Å². The zero-order chi connectivity index (χ0) is 12.4. The molecule has 0 aliphatic carbocycles. The largest absolute Gasteiger partial charge is 0.384 e. The molecule has 0 radical (unpaired) electrons. The lowest BCUT2D eigenvalue weighted by Gasteiger charge is -2.06. The predicted molar refractivity (Wildman–Crippen MR) is 60.8 cm³/mol. The van der Waals surface area contributed by atoms with Crippen LogP contribution in [0, 0.1) is 17.6 Å². The fraction of sp³-hybridized carbons (Fsp3) is 0.417. The lowest BCUT2D eigenvalue weighted by Crippen LogP contribution is -2.07.